The van der Waals surface area contributed by atoms with Crippen LogP contribution >= 0.6 is 0 Å². The minimum absolute atomic E-state index is 0.00446. The second kappa shape index (κ2) is 14.6. The third kappa shape index (κ3) is 8.25. The zero-order chi connectivity index (χ0) is 33.9. The van der Waals surface area contributed by atoms with Crippen LogP contribution < -0.4 is 19.9 Å². The van der Waals surface area contributed by atoms with Crippen LogP contribution in [0.3, 0.4) is 0 Å². The predicted octanol–water partition coefficient (Wildman–Crippen LogP) is 4.57. The normalized spacial score (nSPS) is 19.3. The number of nitrogens with one attached hydrogen (secondary N) is 1. The largest absolute Gasteiger partial charge is 0.473 e. The molecule has 15 heteroatoms. The van der Waals surface area contributed by atoms with Crippen molar-refractivity contribution in [3.63, 3.8) is 0 Å². The average molecular weight is 679 g/mol. The van der Waals surface area contributed by atoms with Crippen LogP contribution in [0.1, 0.15) is 29.8 Å². The fraction of sp³-hybridized carbons (Fsp3) is 0.500. The van der Waals surface area contributed by atoms with Crippen LogP contribution in [0.15, 0.2) is 36.7 Å². The molecule has 2 aliphatic rings. The van der Waals surface area contributed by atoms with Crippen molar-refractivity contribution >= 4 is 34.1 Å². The minimum Gasteiger partial charge on any atom is -0.473 e. The molecule has 3 aromatic rings. The van der Waals surface area contributed by atoms with Gasteiger partial charge in [-0.25, -0.2) is 19.3 Å². The number of hydrogen-bond donors (Lipinski definition) is 1. The van der Waals surface area contributed by atoms with Crippen LogP contribution in [0.25, 0.3) is 11.3 Å². The highest BCUT2D eigenvalue weighted by Gasteiger charge is 2.37. The van der Waals surface area contributed by atoms with Crippen molar-refractivity contribution in [2.75, 3.05) is 86.4 Å². The van der Waals surface area contributed by atoms with Crippen molar-refractivity contribution < 1.29 is 31.8 Å². The van der Waals surface area contributed by atoms with Crippen LogP contribution in [0, 0.1) is 5.82 Å². The van der Waals surface area contributed by atoms with E-state index in [1.54, 1.807) is 18.2 Å². The minimum atomic E-state index is -4.85. The highest BCUT2D eigenvalue weighted by Crippen LogP contribution is 2.37. The second-order valence-corrected chi connectivity index (χ2v) is 14.4. The van der Waals surface area contributed by atoms with Gasteiger partial charge < -0.3 is 24.6 Å². The first kappa shape index (κ1) is 34.6. The maximum atomic E-state index is 15.2. The Bertz CT molecular complexity index is 1560. The first-order chi connectivity index (χ1) is 22.3. The Balaban J connectivity index is 1.52. The smallest absolute Gasteiger partial charge is 0.417 e. The second-order valence-electron chi connectivity index (χ2n) is 12.0. The molecule has 47 heavy (non-hydrogen) atoms. The Morgan fingerprint density at radius 2 is 1.77 bits per heavy atom. The SMILES string of the molecule is C[C@@H]1CN(c2ccc(-c3nc(N4CCOCC4)ncc3F)cc2NC(=O)c2cnc(OCC[S+](C)C)cc2C(F)(F)F)C[C@H](C)N1C. The van der Waals surface area contributed by atoms with E-state index in [4.69, 9.17) is 9.47 Å². The summed E-state index contributed by atoms with van der Waals surface area (Å²) < 4.78 is 68.8. The van der Waals surface area contributed by atoms with E-state index in [0.717, 1.165) is 18.5 Å². The number of likely N-dealkylation sites (N-methyl/N-ethyl adjacent to an activating group) is 1. The highest BCUT2D eigenvalue weighted by molar-refractivity contribution is 7.95. The summed E-state index contributed by atoms with van der Waals surface area (Å²) in [5.74, 6) is -0.901. The Morgan fingerprint density at radius 1 is 1.06 bits per heavy atom. The van der Waals surface area contributed by atoms with Crippen molar-refractivity contribution in [1.29, 1.82) is 0 Å². The standard InChI is InChI=1S/C32H39F4N7O3S/c1-20-18-43(19-21(2)41(20)3)27-7-6-22(29-25(33)17-38-31(40-29)42-8-10-45-11-9-42)14-26(27)39-30(44)23-16-37-28(46-12-13-47(4)5)15-24(23)32(34,35)36/h6-7,14-17,20-21H,8-13,18-19H2,1-5H3/p+1/t20-,21+. The van der Waals surface area contributed by atoms with Crippen LogP contribution in [-0.2, 0) is 21.8 Å². The summed E-state index contributed by atoms with van der Waals surface area (Å²) in [5, 5.41) is 2.70. The van der Waals surface area contributed by atoms with Gasteiger partial charge in [-0.1, -0.05) is 6.07 Å². The molecule has 2 atom stereocenters. The number of hydrogen-bond acceptors (Lipinski definition) is 9. The molecule has 2 aliphatic heterocycles. The topological polar surface area (TPSA) is 96.0 Å². The summed E-state index contributed by atoms with van der Waals surface area (Å²) >= 11 is 0. The molecular formula is C32H40F4N7O3S+. The number of anilines is 3. The number of amides is 1. The lowest BCUT2D eigenvalue weighted by Gasteiger charge is -2.44. The number of morpholine rings is 1. The quantitative estimate of drug-likeness (QED) is 0.258. The first-order valence-corrected chi connectivity index (χ1v) is 17.5. The third-order valence-electron chi connectivity index (χ3n) is 8.41. The van der Waals surface area contributed by atoms with Gasteiger partial charge >= 0.3 is 6.18 Å². The van der Waals surface area contributed by atoms with Gasteiger partial charge in [0.2, 0.25) is 11.8 Å². The molecule has 0 saturated carbocycles. The van der Waals surface area contributed by atoms with Gasteiger partial charge in [-0.3, -0.25) is 9.69 Å². The lowest BCUT2D eigenvalue weighted by molar-refractivity contribution is -0.138. The van der Waals surface area contributed by atoms with Gasteiger partial charge in [0.15, 0.2) is 5.82 Å². The number of halogens is 4. The fourth-order valence-electron chi connectivity index (χ4n) is 5.57. The molecular weight excluding hydrogens is 638 g/mol. The molecule has 10 nitrogen and oxygen atoms in total. The molecule has 4 heterocycles. The molecule has 2 fully saturated rings. The summed E-state index contributed by atoms with van der Waals surface area (Å²) in [7, 11) is 2.07. The highest BCUT2D eigenvalue weighted by atomic mass is 32.2. The Kier molecular flexibility index (Phi) is 10.8. The average Bonchev–Trinajstić information content (AvgIpc) is 3.03. The van der Waals surface area contributed by atoms with Crippen LogP contribution in [0.5, 0.6) is 5.88 Å². The Labute approximate surface area is 274 Å². The number of benzene rings is 1. The number of piperazine rings is 1. The van der Waals surface area contributed by atoms with E-state index in [0.29, 0.717) is 62.3 Å². The number of nitrogens with zero attached hydrogens (tertiary/aromatic N) is 6. The molecule has 1 amide bonds. The summed E-state index contributed by atoms with van der Waals surface area (Å²) in [6.45, 7) is 7.62. The Hall–Kier alpha value is -3.69. The number of pyridine rings is 1. The first-order valence-electron chi connectivity index (χ1n) is 15.3. The molecule has 1 N–H and O–H groups in total. The molecule has 0 radical (unpaired) electrons. The van der Waals surface area contributed by atoms with E-state index in [1.807, 2.05) is 24.5 Å². The third-order valence-corrected chi connectivity index (χ3v) is 9.40. The van der Waals surface area contributed by atoms with Crippen LogP contribution in [0.4, 0.5) is 34.9 Å². The number of carbonyl (C=O) groups is 1. The summed E-state index contributed by atoms with van der Waals surface area (Å²) in [6, 6.07) is 6.04. The number of carbonyl (C=O) groups excluding carboxylic acids is 1. The van der Waals surface area contributed by atoms with Crippen LogP contribution in [-0.4, -0.2) is 109 Å². The fourth-order valence-corrected chi connectivity index (χ4v) is 5.99. The van der Waals surface area contributed by atoms with E-state index in [-0.39, 0.29) is 46.8 Å². The summed E-state index contributed by atoms with van der Waals surface area (Å²) in [6.07, 6.45) is 1.13. The van der Waals surface area contributed by atoms with Crippen molar-refractivity contribution in [2.24, 2.45) is 0 Å². The number of ether oxygens (including phenoxy) is 2. The van der Waals surface area contributed by atoms with Gasteiger partial charge in [-0.05, 0) is 43.9 Å². The molecule has 5 rings (SSSR count). The van der Waals surface area contributed by atoms with E-state index in [2.05, 4.69) is 43.9 Å². The van der Waals surface area contributed by atoms with E-state index >= 15 is 4.39 Å². The zero-order valence-corrected chi connectivity index (χ0v) is 27.9. The molecule has 2 saturated heterocycles. The molecule has 0 unspecified atom stereocenters. The summed E-state index contributed by atoms with van der Waals surface area (Å²) in [5.41, 5.74) is -0.679. The maximum absolute atomic E-state index is 15.2. The number of aromatic nitrogens is 3. The molecule has 254 valence electrons. The van der Waals surface area contributed by atoms with Crippen molar-refractivity contribution in [1.82, 2.24) is 19.9 Å². The van der Waals surface area contributed by atoms with Crippen molar-refractivity contribution in [3.8, 4) is 17.1 Å². The summed E-state index contributed by atoms with van der Waals surface area (Å²) in [4.78, 5) is 32.5. The van der Waals surface area contributed by atoms with Crippen molar-refractivity contribution in [2.45, 2.75) is 32.1 Å². The van der Waals surface area contributed by atoms with Gasteiger partial charge in [0.25, 0.3) is 5.91 Å². The molecule has 0 spiro atoms. The number of rotatable bonds is 9. The molecule has 2 aromatic heterocycles. The van der Waals surface area contributed by atoms with Gasteiger partial charge in [-0.15, -0.1) is 0 Å². The van der Waals surface area contributed by atoms with Crippen molar-refractivity contribution in [3.05, 3.63) is 53.6 Å². The predicted molar refractivity (Wildman–Crippen MR) is 176 cm³/mol. The monoisotopic (exact) mass is 678 g/mol. The number of alkyl halides is 3. The van der Waals surface area contributed by atoms with Gasteiger partial charge in [0.05, 0.1) is 54.4 Å². The van der Waals surface area contributed by atoms with E-state index < -0.39 is 29.0 Å². The van der Waals surface area contributed by atoms with Gasteiger partial charge in [-0.2, -0.15) is 13.2 Å². The van der Waals surface area contributed by atoms with Gasteiger partial charge in [0, 0.05) is 56.1 Å². The van der Waals surface area contributed by atoms with E-state index in [9.17, 15) is 18.0 Å². The molecule has 0 aliphatic carbocycles. The van der Waals surface area contributed by atoms with E-state index in [1.165, 1.54) is 0 Å². The lowest BCUT2D eigenvalue weighted by Crippen LogP contribution is -2.55. The Morgan fingerprint density at radius 3 is 2.43 bits per heavy atom. The maximum Gasteiger partial charge on any atom is 0.417 e. The molecule has 0 bridgehead atoms. The molecule has 1 aromatic carbocycles. The zero-order valence-electron chi connectivity index (χ0n) is 27.1. The van der Waals surface area contributed by atoms with Gasteiger partial charge in [0.1, 0.15) is 18.1 Å². The lowest BCUT2D eigenvalue weighted by atomic mass is 10.0. The van der Waals surface area contributed by atoms with Crippen LogP contribution in [0.2, 0.25) is 0 Å².